The molecule has 0 fully saturated rings. The van der Waals surface area contributed by atoms with Crippen LogP contribution in [0.25, 0.3) is 0 Å². The Bertz CT molecular complexity index is 227. The Balaban J connectivity index is 3.46. The van der Waals surface area contributed by atoms with Crippen LogP contribution in [-0.4, -0.2) is 24.6 Å². The SMILES string of the molecule is CC(C)S(=O)(=O)NCCCCCCI. The summed E-state index contributed by atoms with van der Waals surface area (Å²) in [7, 11) is -3.04. The second kappa shape index (κ2) is 7.87. The van der Waals surface area contributed by atoms with Crippen molar-refractivity contribution in [2.45, 2.75) is 44.8 Å². The Morgan fingerprint density at radius 1 is 1.14 bits per heavy atom. The Hall–Kier alpha value is 0.640. The van der Waals surface area contributed by atoms with E-state index in [4.69, 9.17) is 0 Å². The molecule has 3 nitrogen and oxygen atoms in total. The van der Waals surface area contributed by atoms with Gasteiger partial charge in [-0.2, -0.15) is 0 Å². The lowest BCUT2D eigenvalue weighted by atomic mass is 10.2. The molecule has 86 valence electrons. The van der Waals surface area contributed by atoms with E-state index in [1.165, 1.54) is 17.3 Å². The molecule has 0 amide bonds. The van der Waals surface area contributed by atoms with Gasteiger partial charge in [-0.3, -0.25) is 0 Å². The molecule has 0 aromatic rings. The van der Waals surface area contributed by atoms with E-state index in [9.17, 15) is 8.42 Å². The number of alkyl halides is 1. The topological polar surface area (TPSA) is 46.2 Å². The first-order valence-corrected chi connectivity index (χ1v) is 8.12. The molecule has 0 aromatic heterocycles. The first-order valence-electron chi connectivity index (χ1n) is 5.05. The number of rotatable bonds is 8. The van der Waals surface area contributed by atoms with Gasteiger partial charge < -0.3 is 0 Å². The normalized spacial score (nSPS) is 12.3. The van der Waals surface area contributed by atoms with Gasteiger partial charge >= 0.3 is 0 Å². The minimum atomic E-state index is -3.04. The molecule has 14 heavy (non-hydrogen) atoms. The van der Waals surface area contributed by atoms with Crippen LogP contribution in [0.2, 0.25) is 0 Å². The van der Waals surface area contributed by atoms with E-state index in [0.717, 1.165) is 12.8 Å². The summed E-state index contributed by atoms with van der Waals surface area (Å²) in [5.74, 6) is 0. The minimum Gasteiger partial charge on any atom is -0.215 e. The van der Waals surface area contributed by atoms with Gasteiger partial charge in [-0.1, -0.05) is 35.4 Å². The molecular weight excluding hydrogens is 313 g/mol. The van der Waals surface area contributed by atoms with E-state index in [-0.39, 0.29) is 5.25 Å². The fourth-order valence-corrected chi connectivity index (χ4v) is 2.26. The average molecular weight is 333 g/mol. The summed E-state index contributed by atoms with van der Waals surface area (Å²) < 4.78 is 26.4. The molecule has 0 bridgehead atoms. The van der Waals surface area contributed by atoms with Crippen molar-refractivity contribution in [1.82, 2.24) is 4.72 Å². The maximum Gasteiger partial charge on any atom is 0.213 e. The van der Waals surface area contributed by atoms with Crippen molar-refractivity contribution < 1.29 is 8.42 Å². The van der Waals surface area contributed by atoms with E-state index in [1.807, 2.05) is 0 Å². The molecular formula is C9H20INO2S. The lowest BCUT2D eigenvalue weighted by Crippen LogP contribution is -2.31. The average Bonchev–Trinajstić information content (AvgIpc) is 2.10. The minimum absolute atomic E-state index is 0.322. The van der Waals surface area contributed by atoms with E-state index in [2.05, 4.69) is 27.3 Å². The molecule has 0 saturated heterocycles. The largest absolute Gasteiger partial charge is 0.215 e. The molecule has 1 N–H and O–H groups in total. The van der Waals surface area contributed by atoms with Crippen LogP contribution >= 0.6 is 22.6 Å². The molecule has 0 aromatic carbocycles. The summed E-state index contributed by atoms with van der Waals surface area (Å²) >= 11 is 2.36. The Morgan fingerprint density at radius 2 is 1.71 bits per heavy atom. The van der Waals surface area contributed by atoms with Gasteiger partial charge in [0.05, 0.1) is 5.25 Å². The summed E-state index contributed by atoms with van der Waals surface area (Å²) in [5.41, 5.74) is 0. The van der Waals surface area contributed by atoms with E-state index in [1.54, 1.807) is 13.8 Å². The summed E-state index contributed by atoms with van der Waals surface area (Å²) in [5, 5.41) is -0.322. The van der Waals surface area contributed by atoms with Gasteiger partial charge in [0, 0.05) is 6.54 Å². The maximum absolute atomic E-state index is 11.3. The smallest absolute Gasteiger partial charge is 0.213 e. The van der Waals surface area contributed by atoms with Crippen molar-refractivity contribution in [2.75, 3.05) is 11.0 Å². The van der Waals surface area contributed by atoms with Gasteiger partial charge in [-0.15, -0.1) is 0 Å². The number of unbranched alkanes of at least 4 members (excludes halogenated alkanes) is 3. The van der Waals surface area contributed by atoms with Crippen LogP contribution in [0.4, 0.5) is 0 Å². The third kappa shape index (κ3) is 7.00. The van der Waals surface area contributed by atoms with Crippen LogP contribution in [0.5, 0.6) is 0 Å². The Morgan fingerprint density at radius 3 is 2.21 bits per heavy atom. The molecule has 0 aliphatic rings. The third-order valence-corrected chi connectivity index (χ3v) is 4.59. The second-order valence-corrected chi connectivity index (χ2v) is 6.99. The van der Waals surface area contributed by atoms with Crippen LogP contribution in [0.3, 0.4) is 0 Å². The molecule has 0 saturated carbocycles. The van der Waals surface area contributed by atoms with Crippen molar-refractivity contribution >= 4 is 32.6 Å². The molecule has 0 radical (unpaired) electrons. The van der Waals surface area contributed by atoms with Gasteiger partial charge in [0.1, 0.15) is 0 Å². The number of sulfonamides is 1. The third-order valence-electron chi connectivity index (χ3n) is 1.98. The standard InChI is InChI=1S/C9H20INO2S/c1-9(2)14(12,13)11-8-6-4-3-5-7-10/h9,11H,3-8H2,1-2H3. The van der Waals surface area contributed by atoms with Crippen molar-refractivity contribution in [3.05, 3.63) is 0 Å². The van der Waals surface area contributed by atoms with Gasteiger partial charge in [0.15, 0.2) is 0 Å². The fourth-order valence-electron chi connectivity index (χ4n) is 0.954. The van der Waals surface area contributed by atoms with Crippen LogP contribution in [-0.2, 0) is 10.0 Å². The Labute approximate surface area is 101 Å². The zero-order valence-corrected chi connectivity index (χ0v) is 11.9. The van der Waals surface area contributed by atoms with Crippen LogP contribution in [0, 0.1) is 0 Å². The molecule has 0 unspecified atom stereocenters. The highest BCUT2D eigenvalue weighted by Crippen LogP contribution is 2.02. The van der Waals surface area contributed by atoms with E-state index in [0.29, 0.717) is 6.54 Å². The number of nitrogens with one attached hydrogen (secondary N) is 1. The number of hydrogen-bond donors (Lipinski definition) is 1. The fraction of sp³-hybridized carbons (Fsp3) is 1.00. The highest BCUT2D eigenvalue weighted by atomic mass is 127. The van der Waals surface area contributed by atoms with Crippen LogP contribution < -0.4 is 4.72 Å². The lowest BCUT2D eigenvalue weighted by molar-refractivity contribution is 0.565. The molecule has 0 atom stereocenters. The van der Waals surface area contributed by atoms with Crippen LogP contribution in [0.1, 0.15) is 39.5 Å². The zero-order chi connectivity index (χ0) is 11.0. The van der Waals surface area contributed by atoms with Crippen molar-refractivity contribution in [1.29, 1.82) is 0 Å². The highest BCUT2D eigenvalue weighted by Gasteiger charge is 2.13. The Kier molecular flexibility index (Phi) is 8.23. The predicted octanol–water partition coefficient (Wildman–Crippen LogP) is 2.31. The van der Waals surface area contributed by atoms with Crippen molar-refractivity contribution in [2.24, 2.45) is 0 Å². The second-order valence-electron chi connectivity index (χ2n) is 3.59. The molecule has 0 rings (SSSR count). The van der Waals surface area contributed by atoms with Crippen molar-refractivity contribution in [3.8, 4) is 0 Å². The van der Waals surface area contributed by atoms with Gasteiger partial charge in [-0.05, 0) is 31.1 Å². The van der Waals surface area contributed by atoms with Gasteiger partial charge in [-0.25, -0.2) is 13.1 Å². The summed E-state index contributed by atoms with van der Waals surface area (Å²) in [6.07, 6.45) is 4.50. The molecule has 0 heterocycles. The monoisotopic (exact) mass is 333 g/mol. The summed E-state index contributed by atoms with van der Waals surface area (Å²) in [4.78, 5) is 0. The summed E-state index contributed by atoms with van der Waals surface area (Å²) in [6, 6.07) is 0. The highest BCUT2D eigenvalue weighted by molar-refractivity contribution is 14.1. The number of hydrogen-bond acceptors (Lipinski definition) is 2. The first-order chi connectivity index (χ1) is 6.50. The van der Waals surface area contributed by atoms with E-state index < -0.39 is 10.0 Å². The van der Waals surface area contributed by atoms with Gasteiger partial charge in [0.2, 0.25) is 10.0 Å². The molecule has 0 aliphatic heterocycles. The van der Waals surface area contributed by atoms with Crippen LogP contribution in [0.15, 0.2) is 0 Å². The summed E-state index contributed by atoms with van der Waals surface area (Å²) in [6.45, 7) is 3.97. The van der Waals surface area contributed by atoms with E-state index >= 15 is 0 Å². The lowest BCUT2D eigenvalue weighted by Gasteiger charge is -2.08. The van der Waals surface area contributed by atoms with Gasteiger partial charge in [0.25, 0.3) is 0 Å². The number of halogens is 1. The maximum atomic E-state index is 11.3. The zero-order valence-electron chi connectivity index (χ0n) is 8.92. The predicted molar refractivity (Wildman–Crippen MR) is 69.4 cm³/mol. The van der Waals surface area contributed by atoms with Crippen molar-refractivity contribution in [3.63, 3.8) is 0 Å². The molecule has 5 heteroatoms. The quantitative estimate of drug-likeness (QED) is 0.421. The first kappa shape index (κ1) is 14.6. The molecule has 0 aliphatic carbocycles. The molecule has 0 spiro atoms.